The first-order valence-corrected chi connectivity index (χ1v) is 10.2. The number of ether oxygens (including phenoxy) is 1. The standard InChI is InChI=1S/C23H26FN5O2/c1-23(2,30)17-7-5-4-6-15(17)12-8-13(9-12)20(25)28-21-16-10-14(24)11-18(31-3)19(16)27-22(26)29-21/h4-7,10-13,30H,8-9H2,1-3H3,(H4,25,26,27,28,29)/t12-,13+. The Kier molecular flexibility index (Phi) is 5.26. The molecule has 0 unspecified atom stereocenters. The molecule has 0 aliphatic heterocycles. The van der Waals surface area contributed by atoms with E-state index >= 15 is 0 Å². The highest BCUT2D eigenvalue weighted by atomic mass is 19.1. The fourth-order valence-electron chi connectivity index (χ4n) is 4.17. The topological polar surface area (TPSA) is 120 Å². The molecule has 1 heterocycles. The monoisotopic (exact) mass is 423 g/mol. The maximum absolute atomic E-state index is 14.0. The Labute approximate surface area is 179 Å². The molecule has 0 radical (unpaired) electrons. The number of aromatic amines is 1. The lowest BCUT2D eigenvalue weighted by Crippen LogP contribution is -2.31. The zero-order chi connectivity index (χ0) is 22.3. The van der Waals surface area contributed by atoms with Crippen LogP contribution in [0.3, 0.4) is 0 Å². The van der Waals surface area contributed by atoms with E-state index in [1.54, 1.807) is 13.8 Å². The number of fused-ring (bicyclic) bond motifs is 1. The zero-order valence-electron chi connectivity index (χ0n) is 17.7. The van der Waals surface area contributed by atoms with Gasteiger partial charge in [0.25, 0.3) is 0 Å². The van der Waals surface area contributed by atoms with Crippen molar-refractivity contribution in [2.75, 3.05) is 12.8 Å². The van der Waals surface area contributed by atoms with Crippen LogP contribution < -0.4 is 16.0 Å². The fourth-order valence-corrected chi connectivity index (χ4v) is 4.17. The molecule has 31 heavy (non-hydrogen) atoms. The van der Waals surface area contributed by atoms with E-state index in [4.69, 9.17) is 15.9 Å². The lowest BCUT2D eigenvalue weighted by molar-refractivity contribution is 0.0763. The lowest BCUT2D eigenvalue weighted by atomic mass is 9.68. The van der Waals surface area contributed by atoms with Gasteiger partial charge >= 0.3 is 0 Å². The SMILES string of the molecule is COc1cc(F)cc2/c(=N/C(=N)[C@H]3C[C@@H](c4ccccc4C(C)(C)O)C3)[nH]c(N)nc12. The minimum Gasteiger partial charge on any atom is -0.494 e. The Morgan fingerprint density at radius 1 is 1.32 bits per heavy atom. The molecule has 0 amide bonds. The van der Waals surface area contributed by atoms with E-state index in [-0.39, 0.29) is 34.9 Å². The summed E-state index contributed by atoms with van der Waals surface area (Å²) in [4.78, 5) is 11.5. The van der Waals surface area contributed by atoms with E-state index < -0.39 is 11.4 Å². The Morgan fingerprint density at radius 3 is 2.71 bits per heavy atom. The quantitative estimate of drug-likeness (QED) is 0.378. The maximum atomic E-state index is 14.0. The second-order valence-corrected chi connectivity index (χ2v) is 8.48. The molecule has 1 fully saturated rings. The van der Waals surface area contributed by atoms with Crippen LogP contribution in [0.25, 0.3) is 10.9 Å². The third-order valence-electron chi connectivity index (χ3n) is 5.81. The van der Waals surface area contributed by atoms with Crippen LogP contribution in [0.2, 0.25) is 0 Å². The summed E-state index contributed by atoms with van der Waals surface area (Å²) in [7, 11) is 1.43. The second-order valence-electron chi connectivity index (χ2n) is 8.48. The minimum atomic E-state index is -0.925. The number of nitrogens with one attached hydrogen (secondary N) is 2. The van der Waals surface area contributed by atoms with Crippen molar-refractivity contribution in [1.29, 1.82) is 5.41 Å². The van der Waals surface area contributed by atoms with E-state index in [0.29, 0.717) is 10.9 Å². The number of amidine groups is 1. The van der Waals surface area contributed by atoms with Gasteiger partial charge in [-0.05, 0) is 49.8 Å². The van der Waals surface area contributed by atoms with Crippen LogP contribution in [-0.2, 0) is 5.60 Å². The highest BCUT2D eigenvalue weighted by molar-refractivity contribution is 5.88. The van der Waals surface area contributed by atoms with Crippen LogP contribution in [0, 0.1) is 17.1 Å². The molecule has 0 spiro atoms. The number of rotatable bonds is 4. The molecular formula is C23H26FN5O2. The summed E-state index contributed by atoms with van der Waals surface area (Å²) in [6, 6.07) is 10.4. The molecule has 1 aliphatic rings. The number of halogens is 1. The molecule has 1 aromatic heterocycles. The van der Waals surface area contributed by atoms with Gasteiger partial charge in [-0.3, -0.25) is 5.41 Å². The molecule has 2 aromatic carbocycles. The summed E-state index contributed by atoms with van der Waals surface area (Å²) in [6.45, 7) is 3.56. The fraction of sp³-hybridized carbons (Fsp3) is 0.348. The van der Waals surface area contributed by atoms with Crippen LogP contribution >= 0.6 is 0 Å². The lowest BCUT2D eigenvalue weighted by Gasteiger charge is -2.37. The number of anilines is 1. The number of benzene rings is 2. The molecule has 0 saturated heterocycles. The Bertz CT molecular complexity index is 1220. The molecule has 4 rings (SSSR count). The molecule has 0 bridgehead atoms. The normalized spacial score (nSPS) is 19.3. The Morgan fingerprint density at radius 2 is 2.03 bits per heavy atom. The van der Waals surface area contributed by atoms with E-state index in [1.807, 2.05) is 24.3 Å². The predicted octanol–water partition coefficient (Wildman–Crippen LogP) is 3.59. The highest BCUT2D eigenvalue weighted by Gasteiger charge is 2.36. The van der Waals surface area contributed by atoms with Gasteiger partial charge in [0.2, 0.25) is 0 Å². The molecule has 1 aliphatic carbocycles. The van der Waals surface area contributed by atoms with E-state index in [9.17, 15) is 9.50 Å². The average molecular weight is 423 g/mol. The number of hydrogen-bond acceptors (Lipinski definition) is 5. The number of aromatic nitrogens is 2. The summed E-state index contributed by atoms with van der Waals surface area (Å²) in [5.41, 5.74) is 7.63. The van der Waals surface area contributed by atoms with E-state index in [1.165, 1.54) is 19.2 Å². The van der Waals surface area contributed by atoms with E-state index in [2.05, 4.69) is 15.0 Å². The van der Waals surface area contributed by atoms with Crippen LogP contribution in [0.4, 0.5) is 10.3 Å². The van der Waals surface area contributed by atoms with Crippen molar-refractivity contribution >= 4 is 22.7 Å². The third-order valence-corrected chi connectivity index (χ3v) is 5.81. The van der Waals surface area contributed by atoms with Gasteiger partial charge in [-0.25, -0.2) is 14.4 Å². The Balaban J connectivity index is 1.63. The number of nitrogens with two attached hydrogens (primary N) is 1. The van der Waals surface area contributed by atoms with Gasteiger partial charge in [0.1, 0.15) is 28.4 Å². The second kappa shape index (κ2) is 7.77. The van der Waals surface area contributed by atoms with Crippen LogP contribution in [0.5, 0.6) is 5.75 Å². The third kappa shape index (κ3) is 4.03. The number of aliphatic hydroxyl groups is 1. The van der Waals surface area contributed by atoms with Crippen molar-refractivity contribution in [2.24, 2.45) is 10.9 Å². The van der Waals surface area contributed by atoms with Crippen LogP contribution in [0.1, 0.15) is 43.7 Å². The van der Waals surface area contributed by atoms with Gasteiger partial charge in [-0.1, -0.05) is 24.3 Å². The molecule has 162 valence electrons. The highest BCUT2D eigenvalue weighted by Crippen LogP contribution is 2.45. The van der Waals surface area contributed by atoms with Crippen molar-refractivity contribution in [3.63, 3.8) is 0 Å². The van der Waals surface area contributed by atoms with Gasteiger partial charge in [0.05, 0.1) is 12.7 Å². The summed E-state index contributed by atoms with van der Waals surface area (Å²) in [5.74, 6) is 0.292. The van der Waals surface area contributed by atoms with Crippen molar-refractivity contribution in [1.82, 2.24) is 9.97 Å². The van der Waals surface area contributed by atoms with Gasteiger partial charge < -0.3 is 20.6 Å². The van der Waals surface area contributed by atoms with Crippen LogP contribution in [0.15, 0.2) is 41.4 Å². The van der Waals surface area contributed by atoms with E-state index in [0.717, 1.165) is 24.0 Å². The first kappa shape index (κ1) is 21.0. The largest absolute Gasteiger partial charge is 0.494 e. The van der Waals surface area contributed by atoms with Crippen molar-refractivity contribution < 1.29 is 14.2 Å². The molecule has 3 aromatic rings. The number of methoxy groups -OCH3 is 1. The van der Waals surface area contributed by atoms with Gasteiger partial charge in [-0.15, -0.1) is 0 Å². The summed E-state index contributed by atoms with van der Waals surface area (Å²) >= 11 is 0. The van der Waals surface area contributed by atoms with Gasteiger partial charge in [-0.2, -0.15) is 0 Å². The van der Waals surface area contributed by atoms with Crippen molar-refractivity contribution in [2.45, 2.75) is 38.2 Å². The molecule has 8 heteroatoms. The predicted molar refractivity (Wildman–Crippen MR) is 117 cm³/mol. The average Bonchev–Trinajstić information content (AvgIpc) is 2.66. The van der Waals surface area contributed by atoms with Crippen molar-refractivity contribution in [3.8, 4) is 5.75 Å². The summed E-state index contributed by atoms with van der Waals surface area (Å²) < 4.78 is 19.3. The zero-order valence-corrected chi connectivity index (χ0v) is 17.7. The summed E-state index contributed by atoms with van der Waals surface area (Å²) in [6.07, 6.45) is 1.51. The number of nitrogens with zero attached hydrogens (tertiary/aromatic N) is 2. The van der Waals surface area contributed by atoms with Gasteiger partial charge in [0, 0.05) is 17.4 Å². The molecule has 1 saturated carbocycles. The minimum absolute atomic E-state index is 0.0341. The molecule has 5 N–H and O–H groups in total. The van der Waals surface area contributed by atoms with Gasteiger partial charge in [0.15, 0.2) is 5.95 Å². The van der Waals surface area contributed by atoms with Crippen LogP contribution in [-0.4, -0.2) is 28.0 Å². The number of H-pyrrole nitrogens is 1. The first-order valence-electron chi connectivity index (χ1n) is 10.2. The Hall–Kier alpha value is -3.26. The smallest absolute Gasteiger partial charge is 0.199 e. The molecular weight excluding hydrogens is 397 g/mol. The molecule has 7 nitrogen and oxygen atoms in total. The number of hydrogen-bond donors (Lipinski definition) is 4. The molecule has 0 atom stereocenters. The van der Waals surface area contributed by atoms with Crippen molar-refractivity contribution in [3.05, 3.63) is 58.8 Å². The summed E-state index contributed by atoms with van der Waals surface area (Å²) in [5, 5.41) is 19.4. The number of nitrogen functional groups attached to an aromatic ring is 1. The first-order chi connectivity index (χ1) is 14.7. The maximum Gasteiger partial charge on any atom is 0.199 e.